The molecule has 1 aliphatic rings. The van der Waals surface area contributed by atoms with Crippen LogP contribution in [0.25, 0.3) is 0 Å². The first kappa shape index (κ1) is 12.7. The van der Waals surface area contributed by atoms with Gasteiger partial charge in [0.1, 0.15) is 12.7 Å². The predicted molar refractivity (Wildman–Crippen MR) is 67.6 cm³/mol. The topological polar surface area (TPSA) is 73.6 Å². The number of hydrogen-bond acceptors (Lipinski definition) is 4. The van der Waals surface area contributed by atoms with Crippen LogP contribution in [0.1, 0.15) is 13.3 Å². The number of hydrogen-bond donors (Lipinski definition) is 2. The maximum absolute atomic E-state index is 11.5. The summed E-state index contributed by atoms with van der Waals surface area (Å²) in [4.78, 5) is 11.5. The van der Waals surface area contributed by atoms with E-state index >= 15 is 0 Å². The first-order chi connectivity index (χ1) is 8.70. The van der Waals surface area contributed by atoms with Gasteiger partial charge in [0.25, 0.3) is 0 Å². The van der Waals surface area contributed by atoms with Crippen LogP contribution in [0, 0.1) is 0 Å². The van der Waals surface area contributed by atoms with Crippen LogP contribution >= 0.6 is 0 Å². The molecule has 1 aromatic carbocycles. The predicted octanol–water partition coefficient (Wildman–Crippen LogP) is 0.680. The number of ether oxygens (including phenoxy) is 2. The van der Waals surface area contributed by atoms with E-state index in [1.807, 2.05) is 31.2 Å². The zero-order chi connectivity index (χ0) is 13.0. The van der Waals surface area contributed by atoms with Crippen molar-refractivity contribution in [2.45, 2.75) is 25.5 Å². The highest BCUT2D eigenvalue weighted by molar-refractivity contribution is 5.81. The van der Waals surface area contributed by atoms with Crippen LogP contribution in [-0.4, -0.2) is 31.2 Å². The molecule has 0 radical (unpaired) electrons. The fourth-order valence-electron chi connectivity index (χ4n) is 1.69. The highest BCUT2D eigenvalue weighted by atomic mass is 16.6. The van der Waals surface area contributed by atoms with Crippen molar-refractivity contribution in [2.24, 2.45) is 5.73 Å². The molecule has 0 saturated heterocycles. The SMILES string of the molecule is CCC(N)C(=O)NCC1COc2ccccc2O1. The molecule has 0 bridgehead atoms. The Bertz CT molecular complexity index is 422. The number of para-hydroxylation sites is 2. The minimum atomic E-state index is -0.457. The minimum Gasteiger partial charge on any atom is -0.486 e. The van der Waals surface area contributed by atoms with Gasteiger partial charge in [0.2, 0.25) is 5.91 Å². The maximum atomic E-state index is 11.5. The molecule has 2 atom stereocenters. The van der Waals surface area contributed by atoms with Gasteiger partial charge in [-0.05, 0) is 18.6 Å². The van der Waals surface area contributed by atoms with Crippen molar-refractivity contribution in [1.82, 2.24) is 5.32 Å². The smallest absolute Gasteiger partial charge is 0.237 e. The van der Waals surface area contributed by atoms with E-state index in [1.165, 1.54) is 0 Å². The van der Waals surface area contributed by atoms with E-state index in [2.05, 4.69) is 5.32 Å². The van der Waals surface area contributed by atoms with Gasteiger partial charge < -0.3 is 20.5 Å². The average Bonchev–Trinajstić information content (AvgIpc) is 2.43. The van der Waals surface area contributed by atoms with Gasteiger partial charge in [-0.3, -0.25) is 4.79 Å². The average molecular weight is 250 g/mol. The van der Waals surface area contributed by atoms with E-state index in [0.717, 1.165) is 5.75 Å². The molecule has 5 nitrogen and oxygen atoms in total. The molecule has 5 heteroatoms. The minimum absolute atomic E-state index is 0.153. The number of nitrogens with one attached hydrogen (secondary N) is 1. The van der Waals surface area contributed by atoms with Gasteiger partial charge in [0.15, 0.2) is 11.5 Å². The molecule has 2 unspecified atom stereocenters. The third-order valence-corrected chi connectivity index (χ3v) is 2.85. The molecule has 1 amide bonds. The summed E-state index contributed by atoms with van der Waals surface area (Å²) in [5.41, 5.74) is 5.62. The third kappa shape index (κ3) is 2.92. The second-order valence-electron chi connectivity index (χ2n) is 4.26. The van der Waals surface area contributed by atoms with Crippen LogP contribution in [0.5, 0.6) is 11.5 Å². The first-order valence-corrected chi connectivity index (χ1v) is 6.12. The molecule has 0 aliphatic carbocycles. The van der Waals surface area contributed by atoms with Gasteiger partial charge in [0.05, 0.1) is 12.6 Å². The lowest BCUT2D eigenvalue weighted by molar-refractivity contribution is -0.122. The van der Waals surface area contributed by atoms with E-state index < -0.39 is 6.04 Å². The number of carbonyl (C=O) groups is 1. The summed E-state index contributed by atoms with van der Waals surface area (Å²) in [6, 6.07) is 7.03. The van der Waals surface area contributed by atoms with Crippen molar-refractivity contribution in [1.29, 1.82) is 0 Å². The van der Waals surface area contributed by atoms with E-state index in [1.54, 1.807) is 0 Å². The lowest BCUT2D eigenvalue weighted by atomic mass is 10.2. The molecule has 1 aromatic rings. The highest BCUT2D eigenvalue weighted by Crippen LogP contribution is 2.30. The van der Waals surface area contributed by atoms with Crippen molar-refractivity contribution in [3.8, 4) is 11.5 Å². The Morgan fingerprint density at radius 3 is 2.94 bits per heavy atom. The van der Waals surface area contributed by atoms with Gasteiger partial charge in [-0.25, -0.2) is 0 Å². The lowest BCUT2D eigenvalue weighted by Gasteiger charge is -2.26. The molecular formula is C13H18N2O3. The maximum Gasteiger partial charge on any atom is 0.237 e. The summed E-state index contributed by atoms with van der Waals surface area (Å²) in [6.07, 6.45) is 0.448. The Balaban J connectivity index is 1.85. The summed E-state index contributed by atoms with van der Waals surface area (Å²) < 4.78 is 11.3. The molecule has 1 aliphatic heterocycles. The summed E-state index contributed by atoms with van der Waals surface area (Å²) in [5, 5.41) is 2.76. The first-order valence-electron chi connectivity index (χ1n) is 6.12. The lowest BCUT2D eigenvalue weighted by Crippen LogP contribution is -2.46. The Morgan fingerprint density at radius 2 is 2.22 bits per heavy atom. The number of rotatable bonds is 4. The third-order valence-electron chi connectivity index (χ3n) is 2.85. The molecule has 18 heavy (non-hydrogen) atoms. The summed E-state index contributed by atoms with van der Waals surface area (Å²) in [6.45, 7) is 2.71. The molecule has 0 aromatic heterocycles. The fraction of sp³-hybridized carbons (Fsp3) is 0.462. The number of benzene rings is 1. The van der Waals surface area contributed by atoms with Crippen LogP contribution in [0.15, 0.2) is 24.3 Å². The molecule has 2 rings (SSSR count). The van der Waals surface area contributed by atoms with Gasteiger partial charge in [-0.1, -0.05) is 19.1 Å². The van der Waals surface area contributed by atoms with Crippen LogP contribution < -0.4 is 20.5 Å². The van der Waals surface area contributed by atoms with Gasteiger partial charge in [-0.2, -0.15) is 0 Å². The summed E-state index contributed by atoms with van der Waals surface area (Å²) in [5.74, 6) is 1.30. The molecule has 0 saturated carbocycles. The molecule has 0 spiro atoms. The van der Waals surface area contributed by atoms with Crippen LogP contribution in [-0.2, 0) is 4.79 Å². The zero-order valence-corrected chi connectivity index (χ0v) is 10.4. The Hall–Kier alpha value is -1.75. The number of nitrogens with two attached hydrogens (primary N) is 1. The molecule has 1 heterocycles. The molecule has 98 valence electrons. The van der Waals surface area contributed by atoms with Crippen molar-refractivity contribution in [3.05, 3.63) is 24.3 Å². The van der Waals surface area contributed by atoms with Crippen molar-refractivity contribution >= 4 is 5.91 Å². The van der Waals surface area contributed by atoms with Gasteiger partial charge in [0, 0.05) is 0 Å². The normalized spacial score (nSPS) is 19.1. The summed E-state index contributed by atoms with van der Waals surface area (Å²) >= 11 is 0. The molecular weight excluding hydrogens is 232 g/mol. The van der Waals surface area contributed by atoms with Crippen LogP contribution in [0.2, 0.25) is 0 Å². The standard InChI is InChI=1S/C13H18N2O3/c1-2-10(14)13(16)15-7-9-8-17-11-5-3-4-6-12(11)18-9/h3-6,9-10H,2,7-8,14H2,1H3,(H,15,16). The monoisotopic (exact) mass is 250 g/mol. The van der Waals surface area contributed by atoms with Crippen LogP contribution in [0.3, 0.4) is 0 Å². The number of fused-ring (bicyclic) bond motifs is 1. The number of amides is 1. The van der Waals surface area contributed by atoms with E-state index in [4.69, 9.17) is 15.2 Å². The van der Waals surface area contributed by atoms with E-state index in [9.17, 15) is 4.79 Å². The second kappa shape index (κ2) is 5.73. The summed E-state index contributed by atoms with van der Waals surface area (Å²) in [7, 11) is 0. The highest BCUT2D eigenvalue weighted by Gasteiger charge is 2.21. The van der Waals surface area contributed by atoms with Crippen molar-refractivity contribution in [2.75, 3.05) is 13.2 Å². The van der Waals surface area contributed by atoms with Gasteiger partial charge in [-0.15, -0.1) is 0 Å². The largest absolute Gasteiger partial charge is 0.486 e. The zero-order valence-electron chi connectivity index (χ0n) is 10.4. The fourth-order valence-corrected chi connectivity index (χ4v) is 1.69. The van der Waals surface area contributed by atoms with E-state index in [0.29, 0.717) is 25.3 Å². The Labute approximate surface area is 106 Å². The molecule has 3 N–H and O–H groups in total. The molecule has 0 fully saturated rings. The van der Waals surface area contributed by atoms with E-state index in [-0.39, 0.29) is 12.0 Å². The quantitative estimate of drug-likeness (QED) is 0.824. The van der Waals surface area contributed by atoms with Crippen molar-refractivity contribution < 1.29 is 14.3 Å². The Morgan fingerprint density at radius 1 is 1.50 bits per heavy atom. The Kier molecular flexibility index (Phi) is 4.04. The van der Waals surface area contributed by atoms with Gasteiger partial charge >= 0.3 is 0 Å². The second-order valence-corrected chi connectivity index (χ2v) is 4.26. The van der Waals surface area contributed by atoms with Crippen molar-refractivity contribution in [3.63, 3.8) is 0 Å². The van der Waals surface area contributed by atoms with Crippen LogP contribution in [0.4, 0.5) is 0 Å². The number of carbonyl (C=O) groups excluding carboxylic acids is 1.